The summed E-state index contributed by atoms with van der Waals surface area (Å²) in [5.41, 5.74) is 3.93. The lowest BCUT2D eigenvalue weighted by Crippen LogP contribution is -2.22. The lowest BCUT2D eigenvalue weighted by Gasteiger charge is -2.10. The van der Waals surface area contributed by atoms with Crippen LogP contribution in [0.15, 0.2) is 30.6 Å². The van der Waals surface area contributed by atoms with E-state index in [2.05, 4.69) is 22.7 Å². The first-order chi connectivity index (χ1) is 10.1. The summed E-state index contributed by atoms with van der Waals surface area (Å²) in [5, 5.41) is 10.4. The van der Waals surface area contributed by atoms with Crippen molar-refractivity contribution in [2.75, 3.05) is 11.9 Å². The maximum absolute atomic E-state index is 11.8. The fourth-order valence-electron chi connectivity index (χ4n) is 2.13. The summed E-state index contributed by atoms with van der Waals surface area (Å²) in [6.45, 7) is 8.22. The Morgan fingerprint density at radius 2 is 2.14 bits per heavy atom. The maximum atomic E-state index is 11.8. The highest BCUT2D eigenvalue weighted by molar-refractivity contribution is 5.94. The van der Waals surface area contributed by atoms with Gasteiger partial charge < -0.3 is 10.6 Å². The summed E-state index contributed by atoms with van der Waals surface area (Å²) in [6.07, 6.45) is 3.90. The third-order valence-corrected chi connectivity index (χ3v) is 3.32. The van der Waals surface area contributed by atoms with Crippen LogP contribution in [0.25, 0.3) is 0 Å². The topological polar surface area (TPSA) is 59.0 Å². The Hall–Kier alpha value is -2.30. The van der Waals surface area contributed by atoms with Crippen molar-refractivity contribution >= 4 is 11.6 Å². The van der Waals surface area contributed by atoms with Crippen molar-refractivity contribution in [3.8, 4) is 0 Å². The van der Waals surface area contributed by atoms with Gasteiger partial charge in [0.15, 0.2) is 0 Å². The number of hydrogen-bond donors (Lipinski definition) is 2. The van der Waals surface area contributed by atoms with Crippen molar-refractivity contribution in [2.24, 2.45) is 0 Å². The van der Waals surface area contributed by atoms with Gasteiger partial charge in [0.2, 0.25) is 0 Å². The smallest absolute Gasteiger partial charge is 0.251 e. The van der Waals surface area contributed by atoms with Crippen LogP contribution in [0.1, 0.15) is 35.3 Å². The number of anilines is 1. The molecule has 5 nitrogen and oxygen atoms in total. The molecule has 1 heterocycles. The summed E-state index contributed by atoms with van der Waals surface area (Å²) in [5.74, 6) is -0.0311. The second-order valence-electron chi connectivity index (χ2n) is 4.95. The number of nitrogens with one attached hydrogen (secondary N) is 2. The number of carbonyl (C=O) groups is 1. The normalized spacial score (nSPS) is 10.4. The van der Waals surface area contributed by atoms with Crippen molar-refractivity contribution in [1.29, 1.82) is 0 Å². The summed E-state index contributed by atoms with van der Waals surface area (Å²) in [4.78, 5) is 11.8. The van der Waals surface area contributed by atoms with Gasteiger partial charge in [-0.2, -0.15) is 5.10 Å². The van der Waals surface area contributed by atoms with Gasteiger partial charge in [-0.3, -0.25) is 9.48 Å². The van der Waals surface area contributed by atoms with Crippen LogP contribution in [0.2, 0.25) is 0 Å². The minimum atomic E-state index is -0.0311. The molecule has 0 radical (unpaired) electrons. The van der Waals surface area contributed by atoms with Crippen LogP contribution >= 0.6 is 0 Å². The second kappa shape index (κ2) is 6.92. The highest BCUT2D eigenvalue weighted by atomic mass is 16.1. The number of benzene rings is 1. The van der Waals surface area contributed by atoms with E-state index in [-0.39, 0.29) is 5.91 Å². The largest absolute Gasteiger partial charge is 0.381 e. The van der Waals surface area contributed by atoms with Crippen molar-refractivity contribution < 1.29 is 4.79 Å². The van der Waals surface area contributed by atoms with Crippen LogP contribution in [0, 0.1) is 6.92 Å². The molecule has 0 aliphatic carbocycles. The fraction of sp³-hybridized carbons (Fsp3) is 0.375. The first kappa shape index (κ1) is 15.1. The van der Waals surface area contributed by atoms with E-state index in [0.29, 0.717) is 12.1 Å². The quantitative estimate of drug-likeness (QED) is 0.858. The molecule has 0 aliphatic rings. The monoisotopic (exact) mass is 286 g/mol. The molecule has 1 amide bonds. The molecule has 0 fully saturated rings. The van der Waals surface area contributed by atoms with E-state index in [9.17, 15) is 4.79 Å². The van der Waals surface area contributed by atoms with Gasteiger partial charge in [0, 0.05) is 42.6 Å². The minimum Gasteiger partial charge on any atom is -0.381 e. The first-order valence-corrected chi connectivity index (χ1v) is 7.28. The number of aromatic nitrogens is 2. The molecule has 1 aromatic carbocycles. The van der Waals surface area contributed by atoms with E-state index < -0.39 is 0 Å². The van der Waals surface area contributed by atoms with Crippen LogP contribution in [0.5, 0.6) is 0 Å². The van der Waals surface area contributed by atoms with Gasteiger partial charge in [0.25, 0.3) is 5.91 Å². The van der Waals surface area contributed by atoms with E-state index in [4.69, 9.17) is 0 Å². The van der Waals surface area contributed by atoms with E-state index >= 15 is 0 Å². The number of amides is 1. The molecule has 0 aliphatic heterocycles. The first-order valence-electron chi connectivity index (χ1n) is 7.28. The lowest BCUT2D eigenvalue weighted by molar-refractivity contribution is 0.0956. The van der Waals surface area contributed by atoms with Gasteiger partial charge in [-0.25, -0.2) is 0 Å². The van der Waals surface area contributed by atoms with Crippen molar-refractivity contribution in [3.63, 3.8) is 0 Å². The third kappa shape index (κ3) is 3.84. The molecule has 0 spiro atoms. The zero-order valence-electron chi connectivity index (χ0n) is 12.8. The summed E-state index contributed by atoms with van der Waals surface area (Å²) in [6, 6.07) is 5.70. The van der Waals surface area contributed by atoms with Crippen molar-refractivity contribution in [1.82, 2.24) is 15.1 Å². The van der Waals surface area contributed by atoms with E-state index in [1.807, 2.05) is 49.1 Å². The van der Waals surface area contributed by atoms with Gasteiger partial charge >= 0.3 is 0 Å². The zero-order chi connectivity index (χ0) is 15.2. The molecule has 21 heavy (non-hydrogen) atoms. The van der Waals surface area contributed by atoms with Gasteiger partial charge in [-0.1, -0.05) is 0 Å². The Morgan fingerprint density at radius 3 is 2.76 bits per heavy atom. The lowest BCUT2D eigenvalue weighted by atomic mass is 10.1. The number of rotatable bonds is 6. The average molecular weight is 286 g/mol. The Balaban J connectivity index is 2.02. The van der Waals surface area contributed by atoms with Crippen LogP contribution < -0.4 is 10.6 Å². The fourth-order valence-corrected chi connectivity index (χ4v) is 2.13. The minimum absolute atomic E-state index is 0.0311. The van der Waals surface area contributed by atoms with Gasteiger partial charge in [0.05, 0.1) is 6.20 Å². The van der Waals surface area contributed by atoms with Gasteiger partial charge in [-0.05, 0) is 44.5 Å². The molecule has 2 N–H and O–H groups in total. The predicted molar refractivity (Wildman–Crippen MR) is 84.4 cm³/mol. The van der Waals surface area contributed by atoms with Crippen LogP contribution in [-0.4, -0.2) is 22.2 Å². The Morgan fingerprint density at radius 1 is 1.33 bits per heavy atom. The summed E-state index contributed by atoms with van der Waals surface area (Å²) in [7, 11) is 0. The SMILES string of the molecule is CCNC(=O)c1ccc(NCc2cnn(CC)c2)c(C)c1. The molecule has 1 aromatic heterocycles. The van der Waals surface area contributed by atoms with E-state index in [0.717, 1.165) is 29.9 Å². The Kier molecular flexibility index (Phi) is 4.98. The second-order valence-corrected chi connectivity index (χ2v) is 4.95. The Labute approximate surface area is 125 Å². The van der Waals surface area contributed by atoms with E-state index in [1.54, 1.807) is 0 Å². The van der Waals surface area contributed by atoms with Crippen LogP contribution in [-0.2, 0) is 13.1 Å². The van der Waals surface area contributed by atoms with Crippen molar-refractivity contribution in [2.45, 2.75) is 33.9 Å². The average Bonchev–Trinajstić information content (AvgIpc) is 2.94. The van der Waals surface area contributed by atoms with Crippen LogP contribution in [0.3, 0.4) is 0 Å². The molecule has 112 valence electrons. The molecule has 5 heteroatoms. The number of carbonyl (C=O) groups excluding carboxylic acids is 1. The predicted octanol–water partition coefficient (Wildman–Crippen LogP) is 2.57. The van der Waals surface area contributed by atoms with E-state index in [1.165, 1.54) is 0 Å². The molecule has 2 rings (SSSR count). The Bertz CT molecular complexity index is 618. The van der Waals surface area contributed by atoms with Crippen LogP contribution in [0.4, 0.5) is 5.69 Å². The highest BCUT2D eigenvalue weighted by Crippen LogP contribution is 2.17. The number of nitrogens with zero attached hydrogens (tertiary/aromatic N) is 2. The molecule has 0 atom stereocenters. The molecule has 0 unspecified atom stereocenters. The highest BCUT2D eigenvalue weighted by Gasteiger charge is 2.07. The van der Waals surface area contributed by atoms with Gasteiger partial charge in [-0.15, -0.1) is 0 Å². The van der Waals surface area contributed by atoms with Gasteiger partial charge in [0.1, 0.15) is 0 Å². The molecular weight excluding hydrogens is 264 g/mol. The maximum Gasteiger partial charge on any atom is 0.251 e. The molecule has 2 aromatic rings. The number of hydrogen-bond acceptors (Lipinski definition) is 3. The molecule has 0 bridgehead atoms. The molecule has 0 saturated heterocycles. The summed E-state index contributed by atoms with van der Waals surface area (Å²) >= 11 is 0. The third-order valence-electron chi connectivity index (χ3n) is 3.32. The standard InChI is InChI=1S/C16H22N4O/c1-4-17-16(21)14-6-7-15(12(3)8-14)18-9-13-10-19-20(5-2)11-13/h6-8,10-11,18H,4-5,9H2,1-3H3,(H,17,21). The zero-order valence-corrected chi connectivity index (χ0v) is 12.8. The molecular formula is C16H22N4O. The van der Waals surface area contributed by atoms with Crippen molar-refractivity contribution in [3.05, 3.63) is 47.3 Å². The number of aryl methyl sites for hydroxylation is 2. The molecule has 0 saturated carbocycles. The summed E-state index contributed by atoms with van der Waals surface area (Å²) < 4.78 is 1.90.